The molecule has 3 atom stereocenters. The third kappa shape index (κ3) is 7.52. The van der Waals surface area contributed by atoms with Crippen LogP contribution in [0.25, 0.3) is 0 Å². The Balaban J connectivity index is 1.77. The van der Waals surface area contributed by atoms with Crippen molar-refractivity contribution in [2.75, 3.05) is 20.3 Å². The number of terminal acetylenes is 1. The second kappa shape index (κ2) is 13.8. The van der Waals surface area contributed by atoms with Crippen molar-refractivity contribution in [3.05, 3.63) is 58.1 Å². The Hall–Kier alpha value is -2.93. The molecule has 0 aromatic heterocycles. The van der Waals surface area contributed by atoms with Crippen LogP contribution < -0.4 is 14.8 Å². The van der Waals surface area contributed by atoms with Gasteiger partial charge >= 0.3 is 0 Å². The summed E-state index contributed by atoms with van der Waals surface area (Å²) in [6.45, 7) is 2.38. The molecule has 0 heterocycles. The Kier molecular flexibility index (Phi) is 10.5. The number of amides is 1. The smallest absolute Gasteiger partial charge is 0.254 e. The van der Waals surface area contributed by atoms with Crippen molar-refractivity contribution in [3.63, 3.8) is 0 Å². The van der Waals surface area contributed by atoms with Crippen LogP contribution >= 0.6 is 15.9 Å². The fraction of sp³-hybridized carbons (Fsp3) is 0.414. The van der Waals surface area contributed by atoms with Gasteiger partial charge in [-0.3, -0.25) is 4.79 Å². The molecular weight excluding hydrogens is 506 g/mol. The summed E-state index contributed by atoms with van der Waals surface area (Å²) in [4.78, 5) is 13.4. The number of halogens is 1. The summed E-state index contributed by atoms with van der Waals surface area (Å²) in [5.74, 6) is 9.76. The molecule has 1 saturated carbocycles. The number of hydrogen-bond acceptors (Lipinski definition) is 4. The van der Waals surface area contributed by atoms with Crippen LogP contribution in [0.5, 0.6) is 11.5 Å². The zero-order chi connectivity index (χ0) is 25.0. The van der Waals surface area contributed by atoms with Gasteiger partial charge in [-0.25, -0.2) is 0 Å². The summed E-state index contributed by atoms with van der Waals surface area (Å²) < 4.78 is 18.1. The molecule has 35 heavy (non-hydrogen) atoms. The Bertz CT molecular complexity index is 1080. The molecule has 1 amide bonds. The molecule has 0 spiro atoms. The first kappa shape index (κ1) is 26.7. The van der Waals surface area contributed by atoms with Crippen LogP contribution in [0.2, 0.25) is 0 Å². The van der Waals surface area contributed by atoms with Gasteiger partial charge in [-0.1, -0.05) is 65.7 Å². The highest BCUT2D eigenvalue weighted by molar-refractivity contribution is 9.10. The molecule has 3 rings (SSSR count). The molecule has 5 nitrogen and oxygen atoms in total. The molecule has 1 N–H and O–H groups in total. The Morgan fingerprint density at radius 2 is 1.89 bits per heavy atom. The van der Waals surface area contributed by atoms with Gasteiger partial charge in [0.2, 0.25) is 0 Å². The van der Waals surface area contributed by atoms with Crippen molar-refractivity contribution < 1.29 is 19.0 Å². The van der Waals surface area contributed by atoms with Gasteiger partial charge in [0.1, 0.15) is 13.2 Å². The van der Waals surface area contributed by atoms with Crippen LogP contribution in [-0.2, 0) is 9.53 Å². The molecule has 0 radical (unpaired) electrons. The Morgan fingerprint density at radius 3 is 2.60 bits per heavy atom. The number of rotatable bonds is 9. The molecule has 3 unspecified atom stereocenters. The lowest BCUT2D eigenvalue weighted by Gasteiger charge is -2.34. The topological polar surface area (TPSA) is 56.8 Å². The van der Waals surface area contributed by atoms with Crippen molar-refractivity contribution in [1.82, 2.24) is 5.32 Å². The first-order valence-corrected chi connectivity index (χ1v) is 12.7. The lowest BCUT2D eigenvalue weighted by atomic mass is 9.79. The van der Waals surface area contributed by atoms with E-state index in [9.17, 15) is 4.79 Å². The van der Waals surface area contributed by atoms with Crippen molar-refractivity contribution in [3.8, 4) is 35.7 Å². The second-order valence-electron chi connectivity index (χ2n) is 8.36. The number of carbonyl (C=O) groups is 1. The summed E-state index contributed by atoms with van der Waals surface area (Å²) in [6.07, 6.45) is 9.47. The molecule has 0 bridgehead atoms. The highest BCUT2D eigenvalue weighted by Gasteiger charge is 2.31. The van der Waals surface area contributed by atoms with Gasteiger partial charge in [0.25, 0.3) is 5.91 Å². The van der Waals surface area contributed by atoms with Gasteiger partial charge < -0.3 is 19.5 Å². The van der Waals surface area contributed by atoms with E-state index in [-0.39, 0.29) is 24.5 Å². The van der Waals surface area contributed by atoms with E-state index in [4.69, 9.17) is 20.6 Å². The van der Waals surface area contributed by atoms with E-state index < -0.39 is 6.10 Å². The van der Waals surface area contributed by atoms with Crippen LogP contribution in [0.3, 0.4) is 0 Å². The van der Waals surface area contributed by atoms with E-state index in [1.54, 1.807) is 7.11 Å². The molecule has 1 aliphatic rings. The number of ether oxygens (including phenoxy) is 3. The van der Waals surface area contributed by atoms with Crippen LogP contribution in [0, 0.1) is 24.2 Å². The zero-order valence-electron chi connectivity index (χ0n) is 20.3. The normalized spacial score (nSPS) is 17.9. The minimum Gasteiger partial charge on any atom is -0.493 e. The average Bonchev–Trinajstić information content (AvgIpc) is 2.88. The molecule has 2 aromatic carbocycles. The lowest BCUT2D eigenvalue weighted by Crippen LogP contribution is -2.43. The van der Waals surface area contributed by atoms with E-state index in [0.29, 0.717) is 18.1 Å². The molecule has 2 aromatic rings. The predicted molar refractivity (Wildman–Crippen MR) is 141 cm³/mol. The fourth-order valence-electron chi connectivity index (χ4n) is 4.38. The molecule has 0 aliphatic heterocycles. The molecular formula is C29H32BrNO4. The van der Waals surface area contributed by atoms with Crippen molar-refractivity contribution in [2.45, 2.75) is 57.1 Å². The summed E-state index contributed by atoms with van der Waals surface area (Å²) in [5, 5.41) is 3.26. The quantitative estimate of drug-likeness (QED) is 0.411. The maximum absolute atomic E-state index is 13.4. The number of methoxy groups -OCH3 is 1. The van der Waals surface area contributed by atoms with Crippen molar-refractivity contribution in [1.29, 1.82) is 0 Å². The molecule has 184 valence electrons. The molecule has 1 aliphatic carbocycles. The standard InChI is InChI=1S/C29H32BrNO4/c1-4-6-9-19-34-26-17-14-22(20-27(26)33-3)24-10-7-8-11-25(24)31-29(32)28(35-18-5-2)21-12-15-23(30)16-13-21/h2,12-17,20,24-25,28H,4,7-8,10-11,18-19H2,1,3H3,(H,31,32). The van der Waals surface area contributed by atoms with E-state index in [1.165, 1.54) is 0 Å². The van der Waals surface area contributed by atoms with E-state index in [0.717, 1.165) is 47.7 Å². The summed E-state index contributed by atoms with van der Waals surface area (Å²) in [6, 6.07) is 13.5. The first-order chi connectivity index (χ1) is 17.1. The monoisotopic (exact) mass is 537 g/mol. The minimum atomic E-state index is -0.767. The predicted octanol–water partition coefficient (Wildman–Crippen LogP) is 5.78. The van der Waals surface area contributed by atoms with Gasteiger partial charge in [0, 0.05) is 22.9 Å². The van der Waals surface area contributed by atoms with Crippen LogP contribution in [0.1, 0.15) is 62.2 Å². The van der Waals surface area contributed by atoms with Crippen molar-refractivity contribution in [2.24, 2.45) is 0 Å². The SMILES string of the molecule is C#CCOC(C(=O)NC1CCCCC1c1ccc(OCC#CCC)c(OC)c1)c1ccc(Br)cc1. The maximum atomic E-state index is 13.4. The number of carbonyl (C=O) groups excluding carboxylic acids is 1. The van der Waals surface area contributed by atoms with Crippen LogP contribution in [-0.4, -0.2) is 32.3 Å². The summed E-state index contributed by atoms with van der Waals surface area (Å²) >= 11 is 3.44. The van der Waals surface area contributed by atoms with Gasteiger partial charge in [-0.2, -0.15) is 0 Å². The van der Waals surface area contributed by atoms with Crippen LogP contribution in [0.4, 0.5) is 0 Å². The average molecular weight is 538 g/mol. The largest absolute Gasteiger partial charge is 0.493 e. The van der Waals surface area contributed by atoms with E-state index in [1.807, 2.05) is 43.3 Å². The lowest BCUT2D eigenvalue weighted by molar-refractivity contribution is -0.133. The van der Waals surface area contributed by atoms with Gasteiger partial charge in [-0.15, -0.1) is 12.3 Å². The van der Waals surface area contributed by atoms with Gasteiger partial charge in [0.05, 0.1) is 7.11 Å². The van der Waals surface area contributed by atoms with E-state index >= 15 is 0 Å². The van der Waals surface area contributed by atoms with Crippen molar-refractivity contribution >= 4 is 21.8 Å². The second-order valence-corrected chi connectivity index (χ2v) is 9.27. The first-order valence-electron chi connectivity index (χ1n) is 11.9. The zero-order valence-corrected chi connectivity index (χ0v) is 21.9. The number of hydrogen-bond donors (Lipinski definition) is 1. The highest BCUT2D eigenvalue weighted by atomic mass is 79.9. The fourth-order valence-corrected chi connectivity index (χ4v) is 4.64. The molecule has 0 saturated heterocycles. The van der Waals surface area contributed by atoms with E-state index in [2.05, 4.69) is 45.1 Å². The van der Waals surface area contributed by atoms with Crippen LogP contribution in [0.15, 0.2) is 46.9 Å². The summed E-state index contributed by atoms with van der Waals surface area (Å²) in [5.41, 5.74) is 1.88. The maximum Gasteiger partial charge on any atom is 0.254 e. The Morgan fingerprint density at radius 1 is 1.11 bits per heavy atom. The minimum absolute atomic E-state index is 0.0180. The highest BCUT2D eigenvalue weighted by Crippen LogP contribution is 2.38. The number of nitrogens with one attached hydrogen (secondary N) is 1. The van der Waals surface area contributed by atoms with Gasteiger partial charge in [-0.05, 0) is 48.2 Å². The number of benzene rings is 2. The molecule has 1 fully saturated rings. The Labute approximate surface area is 217 Å². The van der Waals surface area contributed by atoms with Gasteiger partial charge in [0.15, 0.2) is 17.6 Å². The third-order valence-corrected chi connectivity index (χ3v) is 6.58. The molecule has 6 heteroatoms. The third-order valence-electron chi connectivity index (χ3n) is 6.06. The summed E-state index contributed by atoms with van der Waals surface area (Å²) in [7, 11) is 1.63.